The molecule has 0 aromatic heterocycles. The first-order chi connectivity index (χ1) is 32.0. The van der Waals surface area contributed by atoms with Crippen molar-refractivity contribution in [3.8, 4) is 0 Å². The van der Waals surface area contributed by atoms with Crippen LogP contribution < -0.4 is 0 Å². The third-order valence-corrected chi connectivity index (χ3v) is 12.7. The highest BCUT2D eigenvalue weighted by molar-refractivity contribution is 5.71. The van der Waals surface area contributed by atoms with Crippen LogP contribution in [0.2, 0.25) is 0 Å². The van der Waals surface area contributed by atoms with Gasteiger partial charge >= 0.3 is 17.9 Å². The number of unbranched alkanes of at least 4 members (excludes halogenated alkanes) is 35. The molecule has 0 spiro atoms. The predicted molar refractivity (Wildman–Crippen MR) is 279 cm³/mol. The van der Waals surface area contributed by atoms with Gasteiger partial charge in [-0.1, -0.05) is 269 Å². The van der Waals surface area contributed by atoms with Crippen LogP contribution in [0.5, 0.6) is 0 Å². The maximum atomic E-state index is 12.8. The molecule has 0 bridgehead atoms. The summed E-state index contributed by atoms with van der Waals surface area (Å²) in [5, 5.41) is 0. The first kappa shape index (κ1) is 62.6. The quantitative estimate of drug-likeness (QED) is 0.0262. The first-order valence-corrected chi connectivity index (χ1v) is 28.5. The molecular formula is C59H108O6. The van der Waals surface area contributed by atoms with Gasteiger partial charge < -0.3 is 14.2 Å². The maximum absolute atomic E-state index is 12.8. The van der Waals surface area contributed by atoms with Crippen LogP contribution in [0.1, 0.15) is 303 Å². The Morgan fingerprint density at radius 2 is 0.600 bits per heavy atom. The molecule has 6 heteroatoms. The van der Waals surface area contributed by atoms with E-state index in [1.165, 1.54) is 180 Å². The summed E-state index contributed by atoms with van der Waals surface area (Å²) in [5.74, 6) is -0.868. The molecule has 1 unspecified atom stereocenters. The molecule has 0 saturated carbocycles. The lowest BCUT2D eigenvalue weighted by atomic mass is 10.0. The number of hydrogen-bond acceptors (Lipinski definition) is 6. The standard InChI is InChI=1S/C59H108O6/c1-4-7-10-13-16-19-21-23-25-27-28-29-30-32-33-35-37-40-43-46-49-52-58(61)64-55-56(54-63-57(60)51-48-45-42-39-18-15-12-9-6-3)65-59(62)53-50-47-44-41-38-36-34-31-26-24-22-20-17-14-11-8-5-2/h8,11,17,20,24,26,56H,4-7,9-10,12-16,18-19,21-23,25,27-55H2,1-3H3/b11-8-,20-17-,26-24-. The van der Waals surface area contributed by atoms with Crippen molar-refractivity contribution in [2.75, 3.05) is 13.2 Å². The minimum absolute atomic E-state index is 0.0718. The Morgan fingerprint density at radius 3 is 0.938 bits per heavy atom. The van der Waals surface area contributed by atoms with Crippen LogP contribution in [-0.2, 0) is 28.6 Å². The molecule has 0 aliphatic rings. The van der Waals surface area contributed by atoms with Crippen molar-refractivity contribution in [2.45, 2.75) is 309 Å². The van der Waals surface area contributed by atoms with Gasteiger partial charge in [0.1, 0.15) is 13.2 Å². The molecule has 0 fully saturated rings. The second-order valence-electron chi connectivity index (χ2n) is 19.2. The van der Waals surface area contributed by atoms with Crippen molar-refractivity contribution in [3.63, 3.8) is 0 Å². The van der Waals surface area contributed by atoms with Gasteiger partial charge in [0.05, 0.1) is 0 Å². The van der Waals surface area contributed by atoms with Crippen LogP contribution >= 0.6 is 0 Å². The molecule has 1 atom stereocenters. The lowest BCUT2D eigenvalue weighted by Crippen LogP contribution is -2.30. The third kappa shape index (κ3) is 52.5. The van der Waals surface area contributed by atoms with Crippen LogP contribution in [0.25, 0.3) is 0 Å². The molecule has 0 amide bonds. The zero-order valence-electron chi connectivity index (χ0n) is 43.5. The largest absolute Gasteiger partial charge is 0.462 e. The summed E-state index contributed by atoms with van der Waals surface area (Å²) in [6, 6.07) is 0. The van der Waals surface area contributed by atoms with Crippen molar-refractivity contribution in [1.82, 2.24) is 0 Å². The van der Waals surface area contributed by atoms with Crippen molar-refractivity contribution in [2.24, 2.45) is 0 Å². The fourth-order valence-electron chi connectivity index (χ4n) is 8.40. The second kappa shape index (κ2) is 54.2. The van der Waals surface area contributed by atoms with Crippen molar-refractivity contribution in [1.29, 1.82) is 0 Å². The van der Waals surface area contributed by atoms with Crippen LogP contribution in [0.15, 0.2) is 36.5 Å². The summed E-state index contributed by atoms with van der Waals surface area (Å²) in [5.41, 5.74) is 0. The summed E-state index contributed by atoms with van der Waals surface area (Å²) >= 11 is 0. The van der Waals surface area contributed by atoms with E-state index in [9.17, 15) is 14.4 Å². The van der Waals surface area contributed by atoms with Gasteiger partial charge in [-0.25, -0.2) is 0 Å². The second-order valence-corrected chi connectivity index (χ2v) is 19.2. The predicted octanol–water partition coefficient (Wildman–Crippen LogP) is 18.9. The summed E-state index contributed by atoms with van der Waals surface area (Å²) in [6.07, 6.45) is 64.3. The Bertz CT molecular complexity index is 1090. The van der Waals surface area contributed by atoms with Crippen LogP contribution in [0, 0.1) is 0 Å². The van der Waals surface area contributed by atoms with E-state index in [0.717, 1.165) is 83.5 Å². The number of allylic oxidation sites excluding steroid dienone is 6. The molecule has 0 heterocycles. The Hall–Kier alpha value is -2.37. The molecular weight excluding hydrogens is 805 g/mol. The Labute approximate surface area is 404 Å². The van der Waals surface area contributed by atoms with Gasteiger partial charge in [-0.05, 0) is 51.4 Å². The zero-order valence-corrected chi connectivity index (χ0v) is 43.5. The molecule has 0 radical (unpaired) electrons. The molecule has 0 rings (SSSR count). The highest BCUT2D eigenvalue weighted by atomic mass is 16.6. The van der Waals surface area contributed by atoms with Crippen molar-refractivity contribution < 1.29 is 28.6 Å². The van der Waals surface area contributed by atoms with Gasteiger partial charge in [0.15, 0.2) is 6.10 Å². The van der Waals surface area contributed by atoms with Gasteiger partial charge in [0.25, 0.3) is 0 Å². The normalized spacial score (nSPS) is 12.2. The maximum Gasteiger partial charge on any atom is 0.306 e. The zero-order chi connectivity index (χ0) is 47.2. The van der Waals surface area contributed by atoms with Crippen molar-refractivity contribution >= 4 is 17.9 Å². The number of rotatable bonds is 52. The summed E-state index contributed by atoms with van der Waals surface area (Å²) in [6.45, 7) is 6.54. The number of esters is 3. The molecule has 0 aromatic carbocycles. The number of ether oxygens (including phenoxy) is 3. The Balaban J connectivity index is 4.23. The SMILES string of the molecule is CC/C=C\C/C=C\C/C=C\CCCCCCCCCC(=O)OC(COC(=O)CCCCCCCCCCC)COC(=O)CCCCCCCCCCCCCCCCCCCCCCC. The fraction of sp³-hybridized carbons (Fsp3) is 0.847. The minimum atomic E-state index is -0.772. The molecule has 0 aliphatic carbocycles. The van der Waals surface area contributed by atoms with Crippen LogP contribution in [0.3, 0.4) is 0 Å². The highest BCUT2D eigenvalue weighted by Gasteiger charge is 2.19. The van der Waals surface area contributed by atoms with Gasteiger partial charge in [0, 0.05) is 19.3 Å². The average Bonchev–Trinajstić information content (AvgIpc) is 3.30. The Morgan fingerprint density at radius 1 is 0.323 bits per heavy atom. The summed E-state index contributed by atoms with van der Waals surface area (Å²) in [7, 11) is 0. The van der Waals surface area contributed by atoms with Gasteiger partial charge in [0.2, 0.25) is 0 Å². The molecule has 0 aliphatic heterocycles. The van der Waals surface area contributed by atoms with E-state index in [4.69, 9.17) is 14.2 Å². The minimum Gasteiger partial charge on any atom is -0.462 e. The monoisotopic (exact) mass is 913 g/mol. The molecule has 0 aromatic rings. The fourth-order valence-corrected chi connectivity index (χ4v) is 8.40. The lowest BCUT2D eigenvalue weighted by Gasteiger charge is -2.18. The van der Waals surface area contributed by atoms with E-state index in [-0.39, 0.29) is 31.1 Å². The topological polar surface area (TPSA) is 78.9 Å². The van der Waals surface area contributed by atoms with E-state index < -0.39 is 6.10 Å². The third-order valence-electron chi connectivity index (χ3n) is 12.7. The molecule has 380 valence electrons. The van der Waals surface area contributed by atoms with Gasteiger partial charge in [-0.2, -0.15) is 0 Å². The highest BCUT2D eigenvalue weighted by Crippen LogP contribution is 2.17. The number of hydrogen-bond donors (Lipinski definition) is 0. The molecule has 0 saturated heterocycles. The molecule has 65 heavy (non-hydrogen) atoms. The van der Waals surface area contributed by atoms with E-state index in [0.29, 0.717) is 19.3 Å². The summed E-state index contributed by atoms with van der Waals surface area (Å²) in [4.78, 5) is 38.0. The van der Waals surface area contributed by atoms with E-state index >= 15 is 0 Å². The van der Waals surface area contributed by atoms with Crippen molar-refractivity contribution in [3.05, 3.63) is 36.5 Å². The van der Waals surface area contributed by atoms with E-state index in [1.54, 1.807) is 0 Å². The molecule has 0 N–H and O–H groups in total. The lowest BCUT2D eigenvalue weighted by molar-refractivity contribution is -0.167. The van der Waals surface area contributed by atoms with Crippen LogP contribution in [0.4, 0.5) is 0 Å². The first-order valence-electron chi connectivity index (χ1n) is 28.5. The molecule has 6 nitrogen and oxygen atoms in total. The van der Waals surface area contributed by atoms with Crippen LogP contribution in [-0.4, -0.2) is 37.2 Å². The van der Waals surface area contributed by atoms with E-state index in [2.05, 4.69) is 57.2 Å². The van der Waals surface area contributed by atoms with E-state index in [1.807, 2.05) is 0 Å². The Kier molecular flexibility index (Phi) is 52.3. The average molecular weight is 914 g/mol. The van der Waals surface area contributed by atoms with Gasteiger partial charge in [-0.15, -0.1) is 0 Å². The van der Waals surface area contributed by atoms with Gasteiger partial charge in [-0.3, -0.25) is 14.4 Å². The number of carbonyl (C=O) groups is 3. The summed E-state index contributed by atoms with van der Waals surface area (Å²) < 4.78 is 16.8. The number of carbonyl (C=O) groups excluding carboxylic acids is 3. The smallest absolute Gasteiger partial charge is 0.306 e.